The fourth-order valence-corrected chi connectivity index (χ4v) is 4.62. The van der Waals surface area contributed by atoms with Gasteiger partial charge in [-0.15, -0.1) is 10.2 Å². The van der Waals surface area contributed by atoms with Crippen LogP contribution in [0.2, 0.25) is 0 Å². The van der Waals surface area contributed by atoms with E-state index in [-0.39, 0.29) is 23.0 Å². The van der Waals surface area contributed by atoms with Crippen molar-refractivity contribution in [1.29, 1.82) is 0 Å². The first-order valence-electron chi connectivity index (χ1n) is 11.1. The molecule has 0 aliphatic rings. The number of benzene rings is 3. The molecule has 35 heavy (non-hydrogen) atoms. The van der Waals surface area contributed by atoms with E-state index in [9.17, 15) is 14.9 Å². The van der Waals surface area contributed by atoms with Crippen LogP contribution in [-0.4, -0.2) is 31.3 Å². The summed E-state index contributed by atoms with van der Waals surface area (Å²) in [7, 11) is 0. The number of anilines is 1. The molecule has 1 amide bonds. The second-order valence-electron chi connectivity index (χ2n) is 8.25. The summed E-state index contributed by atoms with van der Waals surface area (Å²) in [6, 6.07) is 20.9. The van der Waals surface area contributed by atoms with Gasteiger partial charge in [0.25, 0.3) is 5.69 Å². The highest BCUT2D eigenvalue weighted by molar-refractivity contribution is 7.99. The number of carbonyl (C=O) groups is 1. The van der Waals surface area contributed by atoms with E-state index >= 15 is 0 Å². The minimum Gasteiger partial charge on any atom is -0.319 e. The van der Waals surface area contributed by atoms with Crippen LogP contribution in [0.15, 0.2) is 71.9 Å². The van der Waals surface area contributed by atoms with E-state index in [0.717, 1.165) is 28.2 Å². The lowest BCUT2D eigenvalue weighted by Gasteiger charge is -2.14. The number of hydrogen-bond acceptors (Lipinski definition) is 6. The van der Waals surface area contributed by atoms with Crippen molar-refractivity contribution >= 4 is 29.0 Å². The summed E-state index contributed by atoms with van der Waals surface area (Å²) >= 11 is 1.24. The van der Waals surface area contributed by atoms with Crippen molar-refractivity contribution in [3.63, 3.8) is 0 Å². The molecule has 0 bridgehead atoms. The first-order valence-corrected chi connectivity index (χ1v) is 12.0. The van der Waals surface area contributed by atoms with Crippen LogP contribution < -0.4 is 5.32 Å². The number of nitrogens with one attached hydrogen (secondary N) is 1. The third-order valence-corrected chi connectivity index (χ3v) is 6.47. The van der Waals surface area contributed by atoms with Crippen LogP contribution in [-0.2, 0) is 11.2 Å². The van der Waals surface area contributed by atoms with Gasteiger partial charge in [0.1, 0.15) is 11.5 Å². The molecule has 0 aliphatic carbocycles. The van der Waals surface area contributed by atoms with E-state index in [1.807, 2.05) is 60.9 Å². The van der Waals surface area contributed by atoms with Crippen LogP contribution in [0.3, 0.4) is 0 Å². The van der Waals surface area contributed by atoms with Gasteiger partial charge >= 0.3 is 0 Å². The van der Waals surface area contributed by atoms with E-state index < -0.39 is 4.92 Å². The molecule has 1 aromatic heterocycles. The van der Waals surface area contributed by atoms with Crippen molar-refractivity contribution in [3.05, 3.63) is 105 Å². The van der Waals surface area contributed by atoms with Crippen molar-refractivity contribution < 1.29 is 9.72 Å². The number of thioether (sulfide) groups is 1. The average molecular weight is 488 g/mol. The standard InChI is InChI=1S/C26H25N5O3S/c1-17-12-13-21(19(3)14-17)30-23(15-20-9-5-4-6-10-20)28-29-26(30)35-16-24(32)27-25-18(2)8-7-11-22(25)31(33)34/h4-14H,15-16H2,1-3H3,(H,27,32). The summed E-state index contributed by atoms with van der Waals surface area (Å²) in [6.07, 6.45) is 0.587. The normalized spacial score (nSPS) is 10.8. The highest BCUT2D eigenvalue weighted by atomic mass is 32.2. The molecule has 1 N–H and O–H groups in total. The molecular formula is C26H25N5O3S. The highest BCUT2D eigenvalue weighted by Gasteiger charge is 2.20. The lowest BCUT2D eigenvalue weighted by molar-refractivity contribution is -0.384. The number of nitro benzene ring substituents is 1. The van der Waals surface area contributed by atoms with Crippen molar-refractivity contribution in [2.24, 2.45) is 0 Å². The maximum atomic E-state index is 12.8. The first-order chi connectivity index (χ1) is 16.8. The fraction of sp³-hybridized carbons (Fsp3) is 0.192. The first kappa shape index (κ1) is 24.2. The van der Waals surface area contributed by atoms with Crippen LogP contribution in [0.5, 0.6) is 0 Å². The predicted octanol–water partition coefficient (Wildman–Crippen LogP) is 5.42. The lowest BCUT2D eigenvalue weighted by Crippen LogP contribution is -2.16. The Hall–Kier alpha value is -3.98. The fourth-order valence-electron chi connectivity index (χ4n) is 3.86. The van der Waals surface area contributed by atoms with Crippen LogP contribution in [0.4, 0.5) is 11.4 Å². The zero-order valence-electron chi connectivity index (χ0n) is 19.7. The molecule has 0 radical (unpaired) electrons. The van der Waals surface area contributed by atoms with Gasteiger partial charge in [-0.05, 0) is 43.5 Å². The largest absolute Gasteiger partial charge is 0.319 e. The molecule has 4 aromatic rings. The maximum Gasteiger partial charge on any atom is 0.293 e. The van der Waals surface area contributed by atoms with Gasteiger partial charge in [0.15, 0.2) is 5.16 Å². The zero-order valence-corrected chi connectivity index (χ0v) is 20.5. The SMILES string of the molecule is Cc1ccc(-n2c(Cc3ccccc3)nnc2SCC(=O)Nc2c(C)cccc2[N+](=O)[O-])c(C)c1. The Morgan fingerprint density at radius 1 is 1.00 bits per heavy atom. The monoisotopic (exact) mass is 487 g/mol. The molecule has 3 aromatic carbocycles. The van der Waals surface area contributed by atoms with Gasteiger partial charge < -0.3 is 5.32 Å². The molecule has 9 heteroatoms. The van der Waals surface area contributed by atoms with Gasteiger partial charge in [-0.3, -0.25) is 19.5 Å². The van der Waals surface area contributed by atoms with Gasteiger partial charge in [0.2, 0.25) is 5.91 Å². The number of amides is 1. The van der Waals surface area contributed by atoms with E-state index in [1.165, 1.54) is 17.8 Å². The Labute approximate surface area is 207 Å². The summed E-state index contributed by atoms with van der Waals surface area (Å²) in [6.45, 7) is 5.80. The number of hydrogen-bond donors (Lipinski definition) is 1. The van der Waals surface area contributed by atoms with Crippen LogP contribution in [0.1, 0.15) is 28.1 Å². The molecule has 0 fully saturated rings. The number of nitrogens with zero attached hydrogens (tertiary/aromatic N) is 4. The third-order valence-electron chi connectivity index (χ3n) is 5.54. The van der Waals surface area contributed by atoms with Crippen molar-refractivity contribution in [2.45, 2.75) is 32.3 Å². The van der Waals surface area contributed by atoms with Crippen LogP contribution in [0.25, 0.3) is 5.69 Å². The Bertz CT molecular complexity index is 1390. The lowest BCUT2D eigenvalue weighted by atomic mass is 10.1. The predicted molar refractivity (Wildman–Crippen MR) is 137 cm³/mol. The summed E-state index contributed by atoms with van der Waals surface area (Å²) in [4.78, 5) is 23.6. The Morgan fingerprint density at radius 2 is 1.77 bits per heavy atom. The molecule has 1 heterocycles. The molecule has 4 rings (SSSR count). The maximum absolute atomic E-state index is 12.8. The molecule has 0 atom stereocenters. The molecule has 8 nitrogen and oxygen atoms in total. The minimum atomic E-state index is -0.498. The molecule has 0 saturated carbocycles. The van der Waals surface area contributed by atoms with E-state index in [1.54, 1.807) is 19.1 Å². The Kier molecular flexibility index (Phi) is 7.26. The summed E-state index contributed by atoms with van der Waals surface area (Å²) in [5, 5.41) is 23.5. The molecular weight excluding hydrogens is 462 g/mol. The zero-order chi connectivity index (χ0) is 24.9. The number of nitro groups is 1. The summed E-state index contributed by atoms with van der Waals surface area (Å²) in [5.74, 6) is 0.438. The molecule has 0 aliphatic heterocycles. The van der Waals surface area contributed by atoms with Crippen molar-refractivity contribution in [1.82, 2.24) is 14.8 Å². The number of carbonyl (C=O) groups excluding carboxylic acids is 1. The van der Waals surface area contributed by atoms with Gasteiger partial charge in [-0.25, -0.2) is 0 Å². The highest BCUT2D eigenvalue weighted by Crippen LogP contribution is 2.29. The molecule has 178 valence electrons. The quantitative estimate of drug-likeness (QED) is 0.202. The van der Waals surface area contributed by atoms with Crippen molar-refractivity contribution in [2.75, 3.05) is 11.1 Å². The number of rotatable bonds is 8. The summed E-state index contributed by atoms with van der Waals surface area (Å²) < 4.78 is 1.98. The Morgan fingerprint density at radius 3 is 2.49 bits per heavy atom. The second-order valence-corrected chi connectivity index (χ2v) is 9.19. The topological polar surface area (TPSA) is 103 Å². The third kappa shape index (κ3) is 5.58. The number of aryl methyl sites for hydroxylation is 3. The smallest absolute Gasteiger partial charge is 0.293 e. The van der Waals surface area contributed by atoms with Gasteiger partial charge in [0, 0.05) is 12.5 Å². The van der Waals surface area contributed by atoms with Crippen LogP contribution >= 0.6 is 11.8 Å². The number of para-hydroxylation sites is 1. The summed E-state index contributed by atoms with van der Waals surface area (Å²) in [5.41, 5.74) is 4.98. The number of aromatic nitrogens is 3. The van der Waals surface area contributed by atoms with E-state index in [4.69, 9.17) is 0 Å². The van der Waals surface area contributed by atoms with E-state index in [0.29, 0.717) is 17.1 Å². The van der Waals surface area contributed by atoms with Crippen LogP contribution in [0, 0.1) is 30.9 Å². The molecule has 0 spiro atoms. The molecule has 0 unspecified atom stereocenters. The van der Waals surface area contributed by atoms with Gasteiger partial charge in [0.05, 0.1) is 16.4 Å². The van der Waals surface area contributed by atoms with Crippen molar-refractivity contribution in [3.8, 4) is 5.69 Å². The minimum absolute atomic E-state index is 0.0276. The van der Waals surface area contributed by atoms with Gasteiger partial charge in [-0.2, -0.15) is 0 Å². The average Bonchev–Trinajstić information content (AvgIpc) is 3.21. The van der Waals surface area contributed by atoms with E-state index in [2.05, 4.69) is 21.6 Å². The second kappa shape index (κ2) is 10.5. The Balaban J connectivity index is 1.60. The van der Waals surface area contributed by atoms with Gasteiger partial charge in [-0.1, -0.05) is 71.9 Å². The molecule has 0 saturated heterocycles.